The van der Waals surface area contributed by atoms with E-state index in [0.29, 0.717) is 5.75 Å². The van der Waals surface area contributed by atoms with Crippen LogP contribution in [-0.2, 0) is 13.0 Å². The summed E-state index contributed by atoms with van der Waals surface area (Å²) < 4.78 is 5.14. The first kappa shape index (κ1) is 15.1. The van der Waals surface area contributed by atoms with Crippen molar-refractivity contribution in [1.82, 2.24) is 4.90 Å². The summed E-state index contributed by atoms with van der Waals surface area (Å²) in [6, 6.07) is 3.83. The fourth-order valence-electron chi connectivity index (χ4n) is 2.37. The Bertz CT molecular complexity index is 396. The Hall–Kier alpha value is -0.930. The summed E-state index contributed by atoms with van der Waals surface area (Å²) in [5.74, 6) is 0.842. The molecule has 0 spiro atoms. The van der Waals surface area contributed by atoms with Crippen LogP contribution in [0.2, 0.25) is 0 Å². The van der Waals surface area contributed by atoms with E-state index < -0.39 is 0 Å². The summed E-state index contributed by atoms with van der Waals surface area (Å²) in [7, 11) is 1.60. The van der Waals surface area contributed by atoms with Crippen LogP contribution in [0.25, 0.3) is 0 Å². The number of hydrogen-bond acceptors (Lipinski definition) is 3. The average Bonchev–Trinajstić information content (AvgIpc) is 2.35. The molecule has 0 fully saturated rings. The fourth-order valence-corrected chi connectivity index (χ4v) is 2.37. The zero-order valence-electron chi connectivity index (χ0n) is 11.1. The van der Waals surface area contributed by atoms with Crippen molar-refractivity contribution < 1.29 is 9.84 Å². The number of nitrogens with zero attached hydrogens (tertiary/aromatic N) is 1. The smallest absolute Gasteiger partial charge is 0.160 e. The van der Waals surface area contributed by atoms with E-state index in [1.165, 1.54) is 24.0 Å². The van der Waals surface area contributed by atoms with Gasteiger partial charge in [0.15, 0.2) is 11.5 Å². The van der Waals surface area contributed by atoms with Crippen molar-refractivity contribution in [2.45, 2.75) is 32.7 Å². The quantitative estimate of drug-likeness (QED) is 0.914. The van der Waals surface area contributed by atoms with Crippen molar-refractivity contribution in [2.75, 3.05) is 20.2 Å². The van der Waals surface area contributed by atoms with E-state index in [1.807, 2.05) is 12.1 Å². The molecule has 0 amide bonds. The van der Waals surface area contributed by atoms with E-state index in [2.05, 4.69) is 11.8 Å². The van der Waals surface area contributed by atoms with Gasteiger partial charge >= 0.3 is 0 Å². The van der Waals surface area contributed by atoms with Crippen LogP contribution >= 0.6 is 12.4 Å². The predicted molar refractivity (Wildman–Crippen MR) is 75.8 cm³/mol. The Morgan fingerprint density at radius 2 is 2.11 bits per heavy atom. The molecule has 0 saturated carbocycles. The molecule has 1 aliphatic heterocycles. The first-order valence-electron chi connectivity index (χ1n) is 6.35. The molecule has 0 atom stereocenters. The number of aromatic hydroxyl groups is 1. The predicted octanol–water partition coefficient (Wildman–Crippen LogP) is 2.98. The van der Waals surface area contributed by atoms with E-state index in [9.17, 15) is 5.11 Å². The number of rotatable bonds is 4. The van der Waals surface area contributed by atoms with Gasteiger partial charge in [0, 0.05) is 13.1 Å². The Balaban J connectivity index is 0.00000162. The topological polar surface area (TPSA) is 32.7 Å². The lowest BCUT2D eigenvalue weighted by molar-refractivity contribution is 0.249. The molecule has 0 bridgehead atoms. The minimum atomic E-state index is 0. The lowest BCUT2D eigenvalue weighted by atomic mass is 9.98. The molecule has 0 unspecified atom stereocenters. The molecule has 1 aromatic carbocycles. The van der Waals surface area contributed by atoms with Crippen LogP contribution in [0.5, 0.6) is 11.5 Å². The highest BCUT2D eigenvalue weighted by Crippen LogP contribution is 2.32. The molecule has 1 aromatic rings. The molecular formula is C14H22ClNO2. The Morgan fingerprint density at radius 3 is 2.78 bits per heavy atom. The molecule has 1 heterocycles. The fraction of sp³-hybridized carbons (Fsp3) is 0.571. The minimum absolute atomic E-state index is 0. The van der Waals surface area contributed by atoms with Gasteiger partial charge in [0.1, 0.15) is 0 Å². The first-order valence-corrected chi connectivity index (χ1v) is 6.35. The minimum Gasteiger partial charge on any atom is -0.504 e. The average molecular weight is 272 g/mol. The molecule has 18 heavy (non-hydrogen) atoms. The number of halogens is 1. The van der Waals surface area contributed by atoms with Gasteiger partial charge in [-0.25, -0.2) is 0 Å². The van der Waals surface area contributed by atoms with Crippen LogP contribution in [0.1, 0.15) is 30.9 Å². The van der Waals surface area contributed by atoms with Crippen LogP contribution in [0.3, 0.4) is 0 Å². The number of phenolic OH excluding ortho intramolecular Hbond substituents is 1. The van der Waals surface area contributed by atoms with Crippen molar-refractivity contribution in [2.24, 2.45) is 0 Å². The Morgan fingerprint density at radius 1 is 1.33 bits per heavy atom. The van der Waals surface area contributed by atoms with Crippen LogP contribution in [-0.4, -0.2) is 30.2 Å². The van der Waals surface area contributed by atoms with Crippen molar-refractivity contribution in [3.05, 3.63) is 23.3 Å². The summed E-state index contributed by atoms with van der Waals surface area (Å²) in [6.45, 7) is 5.44. The van der Waals surface area contributed by atoms with E-state index >= 15 is 0 Å². The molecule has 0 aromatic heterocycles. The summed E-state index contributed by atoms with van der Waals surface area (Å²) in [4.78, 5) is 2.46. The summed E-state index contributed by atoms with van der Waals surface area (Å²) >= 11 is 0. The number of phenols is 1. The van der Waals surface area contributed by atoms with Crippen LogP contribution < -0.4 is 4.74 Å². The third-order valence-electron chi connectivity index (χ3n) is 3.42. The van der Waals surface area contributed by atoms with Crippen molar-refractivity contribution >= 4 is 12.4 Å². The molecule has 1 N–H and O–H groups in total. The maximum absolute atomic E-state index is 9.79. The number of benzene rings is 1. The van der Waals surface area contributed by atoms with Gasteiger partial charge in [0.05, 0.1) is 7.11 Å². The Kier molecular flexibility index (Phi) is 5.76. The SMILES string of the molecule is CCCCN1CCc2cc(OC)c(O)cc2C1.Cl. The lowest BCUT2D eigenvalue weighted by Crippen LogP contribution is -2.31. The maximum atomic E-state index is 9.79. The molecular weight excluding hydrogens is 250 g/mol. The molecule has 0 saturated heterocycles. The van der Waals surface area contributed by atoms with E-state index in [4.69, 9.17) is 4.74 Å². The summed E-state index contributed by atoms with van der Waals surface area (Å²) in [5.41, 5.74) is 2.55. The zero-order chi connectivity index (χ0) is 12.3. The molecule has 1 aliphatic rings. The number of ether oxygens (including phenoxy) is 1. The maximum Gasteiger partial charge on any atom is 0.160 e. The second-order valence-corrected chi connectivity index (χ2v) is 4.67. The monoisotopic (exact) mass is 271 g/mol. The summed E-state index contributed by atoms with van der Waals surface area (Å²) in [6.07, 6.45) is 3.53. The van der Waals surface area contributed by atoms with Gasteiger partial charge in [-0.3, -0.25) is 4.90 Å². The molecule has 4 heteroatoms. The van der Waals surface area contributed by atoms with Gasteiger partial charge in [-0.1, -0.05) is 13.3 Å². The van der Waals surface area contributed by atoms with E-state index in [-0.39, 0.29) is 18.2 Å². The third kappa shape index (κ3) is 3.30. The van der Waals surface area contributed by atoms with Crippen molar-refractivity contribution in [1.29, 1.82) is 0 Å². The van der Waals surface area contributed by atoms with E-state index in [0.717, 1.165) is 26.1 Å². The van der Waals surface area contributed by atoms with Crippen LogP contribution in [0, 0.1) is 0 Å². The normalized spacial score (nSPS) is 14.8. The molecule has 2 rings (SSSR count). The lowest BCUT2D eigenvalue weighted by Gasteiger charge is -2.29. The molecule has 0 aliphatic carbocycles. The largest absolute Gasteiger partial charge is 0.504 e. The highest BCUT2D eigenvalue weighted by molar-refractivity contribution is 5.85. The number of hydrogen-bond donors (Lipinski definition) is 1. The Labute approximate surface area is 115 Å². The van der Waals surface area contributed by atoms with Crippen LogP contribution in [0.15, 0.2) is 12.1 Å². The highest BCUT2D eigenvalue weighted by Gasteiger charge is 2.18. The van der Waals surface area contributed by atoms with Gasteiger partial charge in [0.2, 0.25) is 0 Å². The number of unbranched alkanes of at least 4 members (excludes halogenated alkanes) is 1. The first-order chi connectivity index (χ1) is 8.24. The summed E-state index contributed by atoms with van der Waals surface area (Å²) in [5, 5.41) is 9.79. The van der Waals surface area contributed by atoms with Crippen molar-refractivity contribution in [3.8, 4) is 11.5 Å². The van der Waals surface area contributed by atoms with E-state index in [1.54, 1.807) is 7.11 Å². The standard InChI is InChI=1S/C14H21NO2.ClH/c1-3-4-6-15-7-5-11-9-14(17-2)13(16)8-12(11)10-15;/h8-9,16H,3-7,10H2,1-2H3;1H. The molecule has 0 radical (unpaired) electrons. The van der Waals surface area contributed by atoms with Gasteiger partial charge in [-0.2, -0.15) is 0 Å². The molecule has 102 valence electrons. The van der Waals surface area contributed by atoms with Gasteiger partial charge in [-0.05, 0) is 42.6 Å². The third-order valence-corrected chi connectivity index (χ3v) is 3.42. The van der Waals surface area contributed by atoms with Crippen LogP contribution in [0.4, 0.5) is 0 Å². The highest BCUT2D eigenvalue weighted by atomic mass is 35.5. The number of fused-ring (bicyclic) bond motifs is 1. The van der Waals surface area contributed by atoms with Gasteiger partial charge < -0.3 is 9.84 Å². The van der Waals surface area contributed by atoms with Crippen molar-refractivity contribution in [3.63, 3.8) is 0 Å². The zero-order valence-corrected chi connectivity index (χ0v) is 11.9. The van der Waals surface area contributed by atoms with Gasteiger partial charge in [-0.15, -0.1) is 12.4 Å². The molecule has 3 nitrogen and oxygen atoms in total. The second-order valence-electron chi connectivity index (χ2n) is 4.67. The second kappa shape index (κ2) is 6.86. The van der Waals surface area contributed by atoms with Gasteiger partial charge in [0.25, 0.3) is 0 Å². The number of methoxy groups -OCH3 is 1.